The monoisotopic (exact) mass is 289 g/mol. The summed E-state index contributed by atoms with van der Waals surface area (Å²) >= 11 is 2.63. The number of hydrogen-bond acceptors (Lipinski definition) is 7. The molecule has 0 atom stereocenters. The summed E-state index contributed by atoms with van der Waals surface area (Å²) < 4.78 is 0.692. The van der Waals surface area contributed by atoms with Crippen LogP contribution < -0.4 is 16.0 Å². The van der Waals surface area contributed by atoms with Gasteiger partial charge in [0.25, 0.3) is 0 Å². The molecule has 0 saturated carbocycles. The van der Waals surface area contributed by atoms with Crippen LogP contribution in [0.1, 0.15) is 13.8 Å². The number of amides is 3. The summed E-state index contributed by atoms with van der Waals surface area (Å²) in [7, 11) is 0. The van der Waals surface area contributed by atoms with E-state index in [9.17, 15) is 9.59 Å². The van der Waals surface area contributed by atoms with Crippen LogP contribution in [0, 0.1) is 0 Å². The molecule has 18 heavy (non-hydrogen) atoms. The summed E-state index contributed by atoms with van der Waals surface area (Å²) in [4.78, 5) is 22.4. The first-order chi connectivity index (χ1) is 8.65. The van der Waals surface area contributed by atoms with Crippen molar-refractivity contribution in [3.8, 4) is 0 Å². The Hall–Kier alpha value is -1.35. The van der Waals surface area contributed by atoms with Crippen molar-refractivity contribution >= 4 is 40.2 Å². The van der Waals surface area contributed by atoms with E-state index in [-0.39, 0.29) is 11.7 Å². The van der Waals surface area contributed by atoms with Gasteiger partial charge in [0.05, 0.1) is 5.75 Å². The zero-order valence-electron chi connectivity index (χ0n) is 10.1. The van der Waals surface area contributed by atoms with E-state index >= 15 is 0 Å². The minimum atomic E-state index is -0.478. The summed E-state index contributed by atoms with van der Waals surface area (Å²) in [5.74, 6) is -0.219. The van der Waals surface area contributed by atoms with Crippen LogP contribution in [-0.2, 0) is 4.79 Å². The van der Waals surface area contributed by atoms with Crippen LogP contribution in [-0.4, -0.2) is 41.0 Å². The third-order valence-electron chi connectivity index (χ3n) is 1.65. The first-order valence-electron chi connectivity index (χ1n) is 5.43. The molecule has 0 aliphatic heterocycles. The van der Waals surface area contributed by atoms with Gasteiger partial charge in [-0.1, -0.05) is 23.1 Å². The molecule has 0 aliphatic carbocycles. The number of thioether (sulfide) groups is 1. The lowest BCUT2D eigenvalue weighted by Gasteiger charge is -2.02. The Labute approximate surface area is 113 Å². The van der Waals surface area contributed by atoms with Crippen molar-refractivity contribution in [2.75, 3.05) is 24.2 Å². The van der Waals surface area contributed by atoms with E-state index < -0.39 is 6.03 Å². The van der Waals surface area contributed by atoms with Gasteiger partial charge in [-0.3, -0.25) is 10.1 Å². The van der Waals surface area contributed by atoms with Crippen LogP contribution in [0.4, 0.5) is 9.93 Å². The van der Waals surface area contributed by atoms with Crippen molar-refractivity contribution in [2.24, 2.45) is 0 Å². The summed E-state index contributed by atoms with van der Waals surface area (Å²) in [6.45, 7) is 5.00. The van der Waals surface area contributed by atoms with E-state index in [4.69, 9.17) is 0 Å². The van der Waals surface area contributed by atoms with E-state index in [0.717, 1.165) is 11.7 Å². The molecule has 1 aromatic heterocycles. The first-order valence-corrected chi connectivity index (χ1v) is 7.23. The zero-order valence-corrected chi connectivity index (χ0v) is 11.8. The van der Waals surface area contributed by atoms with Gasteiger partial charge in [0.15, 0.2) is 4.34 Å². The van der Waals surface area contributed by atoms with Gasteiger partial charge in [-0.2, -0.15) is 0 Å². The van der Waals surface area contributed by atoms with Crippen molar-refractivity contribution in [1.29, 1.82) is 0 Å². The molecule has 0 aromatic carbocycles. The highest BCUT2D eigenvalue weighted by atomic mass is 32.2. The molecule has 7 nitrogen and oxygen atoms in total. The average molecular weight is 289 g/mol. The van der Waals surface area contributed by atoms with Crippen LogP contribution in [0.25, 0.3) is 0 Å². The topological polar surface area (TPSA) is 96.0 Å². The normalized spacial score (nSPS) is 9.89. The molecule has 1 aromatic rings. The molecule has 1 heterocycles. The number of rotatable bonds is 6. The maximum atomic E-state index is 11.4. The molecule has 0 radical (unpaired) electrons. The van der Waals surface area contributed by atoms with Gasteiger partial charge in [-0.25, -0.2) is 4.79 Å². The molecule has 3 N–H and O–H groups in total. The lowest BCUT2D eigenvalue weighted by Crippen LogP contribution is -2.40. The van der Waals surface area contributed by atoms with Crippen LogP contribution in [0.5, 0.6) is 0 Å². The van der Waals surface area contributed by atoms with Crippen molar-refractivity contribution in [1.82, 2.24) is 20.8 Å². The van der Waals surface area contributed by atoms with Crippen LogP contribution in [0.3, 0.4) is 0 Å². The zero-order chi connectivity index (χ0) is 13.4. The highest BCUT2D eigenvalue weighted by molar-refractivity contribution is 8.01. The number of carbonyl (C=O) groups excluding carboxylic acids is 2. The molecule has 100 valence electrons. The van der Waals surface area contributed by atoms with E-state index in [2.05, 4.69) is 26.1 Å². The molecule has 0 saturated heterocycles. The Morgan fingerprint density at radius 3 is 2.72 bits per heavy atom. The fourth-order valence-electron chi connectivity index (χ4n) is 0.986. The fraction of sp³-hybridized carbons (Fsp3) is 0.556. The third kappa shape index (κ3) is 5.32. The molecule has 9 heteroatoms. The average Bonchev–Trinajstić information content (AvgIpc) is 2.75. The second-order valence-corrected chi connectivity index (χ2v) is 5.30. The van der Waals surface area contributed by atoms with Crippen molar-refractivity contribution in [2.45, 2.75) is 18.2 Å². The van der Waals surface area contributed by atoms with Gasteiger partial charge in [0, 0.05) is 13.1 Å². The Morgan fingerprint density at radius 2 is 2.06 bits per heavy atom. The van der Waals surface area contributed by atoms with Crippen molar-refractivity contribution in [3.05, 3.63) is 0 Å². The number of anilines is 1. The molecule has 0 aliphatic rings. The second-order valence-electron chi connectivity index (χ2n) is 3.10. The first kappa shape index (κ1) is 14.7. The lowest BCUT2D eigenvalue weighted by molar-refractivity contribution is -0.117. The van der Waals surface area contributed by atoms with Gasteiger partial charge in [0.2, 0.25) is 11.0 Å². The van der Waals surface area contributed by atoms with Crippen molar-refractivity contribution < 1.29 is 9.59 Å². The Balaban J connectivity index is 2.30. The highest BCUT2D eigenvalue weighted by Crippen LogP contribution is 2.24. The van der Waals surface area contributed by atoms with Gasteiger partial charge >= 0.3 is 6.03 Å². The molecular formula is C9H15N5O2S2. The maximum absolute atomic E-state index is 11.4. The molecule has 0 spiro atoms. The van der Waals surface area contributed by atoms with Crippen LogP contribution >= 0.6 is 23.1 Å². The molecule has 1 rings (SSSR count). The Morgan fingerprint density at radius 1 is 1.28 bits per heavy atom. The van der Waals surface area contributed by atoms with Gasteiger partial charge < -0.3 is 10.6 Å². The number of nitrogens with zero attached hydrogens (tertiary/aromatic N) is 2. The van der Waals surface area contributed by atoms with E-state index in [1.54, 1.807) is 6.92 Å². The largest absolute Gasteiger partial charge is 0.360 e. The predicted molar refractivity (Wildman–Crippen MR) is 72.0 cm³/mol. The van der Waals surface area contributed by atoms with Crippen molar-refractivity contribution in [3.63, 3.8) is 0 Å². The molecule has 0 fully saturated rings. The third-order valence-corrected chi connectivity index (χ3v) is 3.67. The minimum absolute atomic E-state index is 0.137. The number of nitrogens with one attached hydrogen (secondary N) is 3. The molecule has 3 amide bonds. The smallest absolute Gasteiger partial charge is 0.321 e. The van der Waals surface area contributed by atoms with E-state index in [0.29, 0.717) is 10.9 Å². The molecule has 0 bridgehead atoms. The molecule has 0 unspecified atom stereocenters. The molecular weight excluding hydrogens is 274 g/mol. The summed E-state index contributed by atoms with van der Waals surface area (Å²) in [6.07, 6.45) is 0. The van der Waals surface area contributed by atoms with Crippen LogP contribution in [0.15, 0.2) is 4.34 Å². The number of imide groups is 1. The highest BCUT2D eigenvalue weighted by Gasteiger charge is 2.09. The number of hydrogen-bond donors (Lipinski definition) is 3. The maximum Gasteiger partial charge on any atom is 0.321 e. The number of urea groups is 1. The minimum Gasteiger partial charge on any atom is -0.360 e. The Bertz CT molecular complexity index is 409. The quantitative estimate of drug-likeness (QED) is 0.674. The van der Waals surface area contributed by atoms with Crippen LogP contribution in [0.2, 0.25) is 0 Å². The number of aromatic nitrogens is 2. The van der Waals surface area contributed by atoms with Gasteiger partial charge in [0.1, 0.15) is 0 Å². The standard InChI is InChI=1S/C9H15N5O2S2/c1-3-10-7(16)12-6(15)5-17-9-14-13-8(18-9)11-4-2/h3-5H2,1-2H3,(H,11,13)(H2,10,12,15,16). The SMILES string of the molecule is CCNC(=O)NC(=O)CSc1nnc(NCC)s1. The summed E-state index contributed by atoms with van der Waals surface area (Å²) in [6, 6.07) is -0.478. The fourth-order valence-corrected chi connectivity index (χ4v) is 2.61. The Kier molecular flexibility index (Phi) is 6.44. The summed E-state index contributed by atoms with van der Waals surface area (Å²) in [5.41, 5.74) is 0. The lowest BCUT2D eigenvalue weighted by atomic mass is 10.6. The number of carbonyl (C=O) groups is 2. The second kappa shape index (κ2) is 7.88. The van der Waals surface area contributed by atoms with Gasteiger partial charge in [-0.05, 0) is 13.8 Å². The predicted octanol–water partition coefficient (Wildman–Crippen LogP) is 0.908. The van der Waals surface area contributed by atoms with E-state index in [1.165, 1.54) is 23.1 Å². The van der Waals surface area contributed by atoms with E-state index in [1.807, 2.05) is 6.92 Å². The summed E-state index contributed by atoms with van der Waals surface area (Å²) in [5, 5.41) is 16.3. The van der Waals surface area contributed by atoms with Gasteiger partial charge in [-0.15, -0.1) is 10.2 Å².